The molecule has 10 heteroatoms. The first-order valence-corrected chi connectivity index (χ1v) is 6.18. The minimum atomic E-state index is -0.729. The van der Waals surface area contributed by atoms with Crippen LogP contribution in [0.3, 0.4) is 0 Å². The molecule has 22 heavy (non-hydrogen) atoms. The van der Waals surface area contributed by atoms with Crippen LogP contribution in [-0.4, -0.2) is 4.92 Å². The average Bonchev–Trinajstić information content (AvgIpc) is 2.54. The lowest BCUT2D eigenvalue weighted by Gasteiger charge is -2.23. The van der Waals surface area contributed by atoms with Crippen molar-refractivity contribution in [3.63, 3.8) is 0 Å². The van der Waals surface area contributed by atoms with E-state index in [-0.39, 0.29) is 11.4 Å². The van der Waals surface area contributed by atoms with Crippen molar-refractivity contribution in [2.75, 3.05) is 5.43 Å². The fraction of sp³-hybridized carbons (Fsp3) is 0. The van der Waals surface area contributed by atoms with Gasteiger partial charge in [0.05, 0.1) is 16.7 Å². The van der Waals surface area contributed by atoms with Gasteiger partial charge < -0.3 is 10.4 Å². The number of rotatable bonds is 6. The molecule has 6 N–H and O–H groups in total. The Kier molecular flexibility index (Phi) is 4.95. The predicted molar refractivity (Wildman–Crippen MR) is 78.5 cm³/mol. The zero-order valence-corrected chi connectivity index (χ0v) is 11.3. The summed E-state index contributed by atoms with van der Waals surface area (Å²) in [6.45, 7) is 0. The van der Waals surface area contributed by atoms with E-state index in [1.54, 1.807) is 30.3 Å². The van der Waals surface area contributed by atoms with Crippen molar-refractivity contribution < 1.29 is 15.3 Å². The number of anilines is 1. The number of para-hydroxylation sites is 1. The molecule has 0 saturated carbocycles. The summed E-state index contributed by atoms with van der Waals surface area (Å²) in [5.41, 5.74) is 4.29. The Bertz CT molecular complexity index is 653. The lowest BCUT2D eigenvalue weighted by Crippen LogP contribution is -3.11. The van der Waals surface area contributed by atoms with Gasteiger partial charge in [0.2, 0.25) is 5.69 Å². The summed E-state index contributed by atoms with van der Waals surface area (Å²) in [7, 11) is 0. The highest BCUT2D eigenvalue weighted by molar-refractivity contribution is 5.58. The van der Waals surface area contributed by atoms with Crippen LogP contribution >= 0.6 is 0 Å². The van der Waals surface area contributed by atoms with E-state index in [0.717, 1.165) is 6.07 Å². The van der Waals surface area contributed by atoms with Crippen molar-refractivity contribution in [2.45, 2.75) is 0 Å². The van der Waals surface area contributed by atoms with E-state index in [9.17, 15) is 20.5 Å². The molecular formula is C12H14N6O4. The Hall–Kier alpha value is -2.60. The average molecular weight is 306 g/mol. The molecule has 0 radical (unpaired) electrons. The van der Waals surface area contributed by atoms with E-state index >= 15 is 0 Å². The molecule has 2 aromatic rings. The smallest absolute Gasteiger partial charge is 0.338 e. The Balaban J connectivity index is 2.31. The zero-order chi connectivity index (χ0) is 16.1. The van der Waals surface area contributed by atoms with Crippen molar-refractivity contribution in [1.29, 1.82) is 0 Å². The Morgan fingerprint density at radius 1 is 1.05 bits per heavy atom. The molecule has 2 atom stereocenters. The number of hydrogen-bond acceptors (Lipinski definition) is 7. The zero-order valence-electron chi connectivity index (χ0n) is 11.3. The third-order valence-electron chi connectivity index (χ3n) is 2.86. The van der Waals surface area contributed by atoms with Gasteiger partial charge in [0.1, 0.15) is 0 Å². The number of nitro groups is 1. The molecule has 0 aliphatic heterocycles. The van der Waals surface area contributed by atoms with Crippen molar-refractivity contribution in [2.24, 2.45) is 5.84 Å². The van der Waals surface area contributed by atoms with Gasteiger partial charge in [-0.2, -0.15) is 0 Å². The van der Waals surface area contributed by atoms with Crippen LogP contribution in [0.4, 0.5) is 22.7 Å². The van der Waals surface area contributed by atoms with Crippen LogP contribution < -0.4 is 27.1 Å². The highest BCUT2D eigenvalue weighted by atomic mass is 16.6. The van der Waals surface area contributed by atoms with Gasteiger partial charge in [-0.1, -0.05) is 23.7 Å². The van der Waals surface area contributed by atoms with Crippen LogP contribution in [0.2, 0.25) is 0 Å². The van der Waals surface area contributed by atoms with Crippen LogP contribution in [0, 0.1) is 20.5 Å². The monoisotopic (exact) mass is 306 g/mol. The first-order valence-electron chi connectivity index (χ1n) is 6.18. The number of nitrogens with one attached hydrogen (secondary N) is 4. The van der Waals surface area contributed by atoms with E-state index in [2.05, 4.69) is 5.43 Å². The van der Waals surface area contributed by atoms with Gasteiger partial charge in [-0.05, 0) is 12.1 Å². The second-order valence-electron chi connectivity index (χ2n) is 4.28. The number of hydrogen-bond donors (Lipinski definition) is 5. The third kappa shape index (κ3) is 3.53. The van der Waals surface area contributed by atoms with Crippen molar-refractivity contribution in [3.05, 3.63) is 69.1 Å². The van der Waals surface area contributed by atoms with E-state index in [4.69, 9.17) is 5.84 Å². The summed E-state index contributed by atoms with van der Waals surface area (Å²) >= 11 is 0. The maximum atomic E-state index is 12.1. The minimum Gasteiger partial charge on any atom is -0.607 e. The molecule has 0 heterocycles. The maximum absolute atomic E-state index is 12.1. The first kappa shape index (κ1) is 15.8. The highest BCUT2D eigenvalue weighted by Gasteiger charge is 2.23. The number of hydrazine groups is 1. The number of nitrogens with zero attached hydrogens (tertiary/aromatic N) is 1. The second-order valence-corrected chi connectivity index (χ2v) is 4.28. The van der Waals surface area contributed by atoms with Gasteiger partial charge >= 0.3 is 5.69 Å². The van der Waals surface area contributed by atoms with Crippen molar-refractivity contribution in [3.8, 4) is 0 Å². The molecule has 0 aromatic heterocycles. The molecule has 0 aliphatic rings. The van der Waals surface area contributed by atoms with Gasteiger partial charge in [-0.3, -0.25) is 10.1 Å². The Morgan fingerprint density at radius 3 is 2.32 bits per heavy atom. The van der Waals surface area contributed by atoms with E-state index in [1.807, 2.05) is 5.53 Å². The number of nitrogens with two attached hydrogens (primary N) is 1. The molecule has 2 aromatic carbocycles. The molecule has 0 fully saturated rings. The van der Waals surface area contributed by atoms with Gasteiger partial charge in [-0.15, -0.1) is 0 Å². The molecule has 0 saturated heterocycles. The molecule has 0 amide bonds. The summed E-state index contributed by atoms with van der Waals surface area (Å²) < 4.78 is 0. The molecule has 116 valence electrons. The van der Waals surface area contributed by atoms with Crippen molar-refractivity contribution >= 4 is 22.7 Å². The highest BCUT2D eigenvalue weighted by Crippen LogP contribution is 2.23. The second kappa shape index (κ2) is 6.91. The van der Waals surface area contributed by atoms with Gasteiger partial charge in [-0.25, -0.2) is 21.6 Å². The predicted octanol–water partition coefficient (Wildman–Crippen LogP) is -0.971. The molecule has 2 rings (SSSR count). The largest absolute Gasteiger partial charge is 0.607 e. The number of quaternary nitrogens is 2. The molecule has 2 unspecified atom stereocenters. The lowest BCUT2D eigenvalue weighted by atomic mass is 10.2. The van der Waals surface area contributed by atoms with Gasteiger partial charge in [0.25, 0.3) is 0 Å². The number of nitro benzene ring substituents is 1. The van der Waals surface area contributed by atoms with E-state index in [1.165, 1.54) is 12.1 Å². The molecular weight excluding hydrogens is 292 g/mol. The standard InChI is InChI=1S/C12H14N6O4/c13-15-16(19)10-6-7-11(12(8-10)18(21)22)17(20)14-9-4-2-1-3-5-9/h1-8,14-17H,13H2. The van der Waals surface area contributed by atoms with Gasteiger partial charge in [0.15, 0.2) is 5.69 Å². The summed E-state index contributed by atoms with van der Waals surface area (Å²) in [6, 6.07) is 12.0. The Morgan fingerprint density at radius 2 is 1.73 bits per heavy atom. The minimum absolute atomic E-state index is 0.00883. The summed E-state index contributed by atoms with van der Waals surface area (Å²) in [5.74, 6) is 4.98. The number of benzene rings is 2. The molecule has 0 aliphatic carbocycles. The SMILES string of the molecule is NN[NH+]([O-])c1ccc([NH+]([O-])Nc2ccccc2)c([N+](=O)[O-])c1. The summed E-state index contributed by atoms with van der Waals surface area (Å²) in [4.78, 5) is 10.4. The van der Waals surface area contributed by atoms with E-state index < -0.39 is 21.0 Å². The van der Waals surface area contributed by atoms with Crippen LogP contribution in [-0.2, 0) is 0 Å². The molecule has 10 nitrogen and oxygen atoms in total. The first-order chi connectivity index (χ1) is 10.5. The summed E-state index contributed by atoms with van der Waals surface area (Å²) in [6.07, 6.45) is 0. The fourth-order valence-corrected chi connectivity index (χ4v) is 1.82. The maximum Gasteiger partial charge on any atom is 0.338 e. The Labute approximate surface area is 125 Å². The molecule has 0 bridgehead atoms. The van der Waals surface area contributed by atoms with E-state index in [0.29, 0.717) is 5.69 Å². The molecule has 0 spiro atoms. The van der Waals surface area contributed by atoms with Gasteiger partial charge in [0, 0.05) is 12.1 Å². The van der Waals surface area contributed by atoms with Crippen LogP contribution in [0.25, 0.3) is 0 Å². The summed E-state index contributed by atoms with van der Waals surface area (Å²) in [5, 5.41) is 33.3. The third-order valence-corrected chi connectivity index (χ3v) is 2.86. The quantitative estimate of drug-likeness (QED) is 0.262. The van der Waals surface area contributed by atoms with Crippen LogP contribution in [0.15, 0.2) is 48.5 Å². The van der Waals surface area contributed by atoms with Crippen molar-refractivity contribution in [1.82, 2.24) is 5.53 Å². The lowest BCUT2D eigenvalue weighted by molar-refractivity contribution is -0.830. The van der Waals surface area contributed by atoms with Crippen LogP contribution in [0.5, 0.6) is 0 Å². The normalized spacial score (nSPS) is 13.4. The fourth-order valence-electron chi connectivity index (χ4n) is 1.82. The topological polar surface area (TPSA) is 148 Å². The van der Waals surface area contributed by atoms with Crippen LogP contribution in [0.1, 0.15) is 0 Å².